The smallest absolute Gasteiger partial charge is 0.338 e. The summed E-state index contributed by atoms with van der Waals surface area (Å²) >= 11 is 8.15. The average molecular weight is 388 g/mol. The van der Waals surface area contributed by atoms with Gasteiger partial charge in [0.1, 0.15) is 0 Å². The van der Waals surface area contributed by atoms with E-state index in [-0.39, 0.29) is 0 Å². The van der Waals surface area contributed by atoms with Gasteiger partial charge in [0.2, 0.25) is 0 Å². The molecule has 0 saturated heterocycles. The van der Waals surface area contributed by atoms with Crippen LogP contribution in [-0.2, 0) is 0 Å². The Hall–Kier alpha value is -0.780. The van der Waals surface area contributed by atoms with Gasteiger partial charge in [0.25, 0.3) is 0 Å². The fraction of sp³-hybridized carbons (Fsp3) is 0. The van der Waals surface area contributed by atoms with E-state index in [9.17, 15) is 9.90 Å². The van der Waals surface area contributed by atoms with Crippen molar-refractivity contribution in [1.82, 2.24) is 0 Å². The normalized spacial score (nSPS) is 10.3. The van der Waals surface area contributed by atoms with Crippen LogP contribution in [-0.4, -0.2) is 11.1 Å². The summed E-state index contributed by atoms with van der Waals surface area (Å²) in [6.45, 7) is 0. The number of aromatic carboxylic acids is 1. The van der Waals surface area contributed by atoms with Crippen LogP contribution < -0.4 is 0 Å². The molecule has 0 aliphatic heterocycles. The highest BCUT2D eigenvalue weighted by Gasteiger charge is 2.15. The fourth-order valence-electron chi connectivity index (χ4n) is 1.44. The highest BCUT2D eigenvalue weighted by molar-refractivity contribution is 9.10. The summed E-state index contributed by atoms with van der Waals surface area (Å²) in [5, 5.41) is 9.24. The van der Waals surface area contributed by atoms with Gasteiger partial charge in [-0.25, -0.2) is 4.79 Å². The molecule has 0 aromatic heterocycles. The van der Waals surface area contributed by atoms with E-state index in [0.29, 0.717) is 14.9 Å². The molecule has 92 valence electrons. The number of carbonyl (C=O) groups is 1. The van der Waals surface area contributed by atoms with Crippen molar-refractivity contribution in [3.63, 3.8) is 0 Å². The molecule has 18 heavy (non-hydrogen) atoms. The van der Waals surface area contributed by atoms with E-state index >= 15 is 0 Å². The minimum Gasteiger partial charge on any atom is -0.478 e. The lowest BCUT2D eigenvalue weighted by atomic mass is 10.2. The first-order valence-corrected chi connectivity index (χ1v) is 7.44. The molecule has 0 heterocycles. The Morgan fingerprint density at radius 1 is 0.944 bits per heavy atom. The predicted octanol–water partition coefficient (Wildman–Crippen LogP) is 5.06. The summed E-state index contributed by atoms with van der Waals surface area (Å²) < 4.78 is 1.54. The van der Waals surface area contributed by atoms with Gasteiger partial charge in [-0.1, -0.05) is 30.0 Å². The fourth-order valence-corrected chi connectivity index (χ4v) is 3.63. The van der Waals surface area contributed by atoms with Crippen LogP contribution in [0.25, 0.3) is 0 Å². The quantitative estimate of drug-likeness (QED) is 0.799. The van der Waals surface area contributed by atoms with Gasteiger partial charge in [0.05, 0.1) is 5.56 Å². The van der Waals surface area contributed by atoms with Gasteiger partial charge >= 0.3 is 5.97 Å². The van der Waals surface area contributed by atoms with E-state index in [1.807, 2.05) is 30.3 Å². The molecule has 0 fully saturated rings. The van der Waals surface area contributed by atoms with E-state index in [4.69, 9.17) is 0 Å². The Bertz CT molecular complexity index is 599. The monoisotopic (exact) mass is 386 g/mol. The van der Waals surface area contributed by atoms with Crippen LogP contribution in [0.3, 0.4) is 0 Å². The molecule has 2 rings (SSSR count). The molecule has 1 N–H and O–H groups in total. The Kier molecular flexibility index (Phi) is 4.48. The van der Waals surface area contributed by atoms with E-state index in [1.54, 1.807) is 12.1 Å². The zero-order chi connectivity index (χ0) is 13.1. The Morgan fingerprint density at radius 3 is 2.22 bits per heavy atom. The summed E-state index contributed by atoms with van der Waals surface area (Å²) in [6.07, 6.45) is 0. The third-order valence-electron chi connectivity index (χ3n) is 2.25. The van der Waals surface area contributed by atoms with Crippen molar-refractivity contribution in [1.29, 1.82) is 0 Å². The first kappa shape index (κ1) is 13.6. The van der Waals surface area contributed by atoms with E-state index in [1.165, 1.54) is 11.8 Å². The lowest BCUT2D eigenvalue weighted by Gasteiger charge is -2.08. The van der Waals surface area contributed by atoms with Crippen LogP contribution in [0.15, 0.2) is 61.2 Å². The van der Waals surface area contributed by atoms with Gasteiger partial charge in [-0.2, -0.15) is 0 Å². The number of carboxylic acids is 1. The standard InChI is InChI=1S/C13H8Br2O2S/c14-8-4-1-2-6-10(8)18-11-7-3-5-9(15)12(11)13(16)17/h1-7H,(H,16,17). The van der Waals surface area contributed by atoms with Crippen molar-refractivity contribution in [2.45, 2.75) is 9.79 Å². The summed E-state index contributed by atoms with van der Waals surface area (Å²) in [7, 11) is 0. The zero-order valence-corrected chi connectivity index (χ0v) is 13.0. The van der Waals surface area contributed by atoms with Crippen molar-refractivity contribution in [2.24, 2.45) is 0 Å². The first-order chi connectivity index (χ1) is 8.59. The van der Waals surface area contributed by atoms with Gasteiger partial charge in [-0.05, 0) is 56.1 Å². The topological polar surface area (TPSA) is 37.3 Å². The van der Waals surface area contributed by atoms with E-state index < -0.39 is 5.97 Å². The molecule has 2 nitrogen and oxygen atoms in total. The number of carboxylic acid groups (broad SMARTS) is 1. The molecule has 0 spiro atoms. The maximum atomic E-state index is 11.3. The van der Waals surface area contributed by atoms with Crippen LogP contribution in [0, 0.1) is 0 Å². The van der Waals surface area contributed by atoms with Crippen LogP contribution in [0.1, 0.15) is 10.4 Å². The van der Waals surface area contributed by atoms with Crippen molar-refractivity contribution in [3.8, 4) is 0 Å². The second-order valence-corrected chi connectivity index (χ2v) is 6.24. The molecule has 0 aliphatic carbocycles. The Morgan fingerprint density at radius 2 is 1.56 bits per heavy atom. The number of halogens is 2. The summed E-state index contributed by atoms with van der Waals surface area (Å²) in [5.41, 5.74) is 0.290. The lowest BCUT2D eigenvalue weighted by Crippen LogP contribution is -2.00. The van der Waals surface area contributed by atoms with Crippen molar-refractivity contribution in [2.75, 3.05) is 0 Å². The molecule has 0 amide bonds. The van der Waals surface area contributed by atoms with Gasteiger partial charge < -0.3 is 5.11 Å². The largest absolute Gasteiger partial charge is 0.478 e. The number of hydrogen-bond donors (Lipinski definition) is 1. The Labute approximate surface area is 126 Å². The lowest BCUT2D eigenvalue weighted by molar-refractivity contribution is 0.0692. The predicted molar refractivity (Wildman–Crippen MR) is 79.4 cm³/mol. The minimum atomic E-state index is -0.933. The average Bonchev–Trinajstić information content (AvgIpc) is 2.31. The number of rotatable bonds is 3. The molecule has 0 unspecified atom stereocenters. The third-order valence-corrected chi connectivity index (χ3v) is 5.00. The molecule has 2 aromatic rings. The molecule has 0 saturated carbocycles. The zero-order valence-electron chi connectivity index (χ0n) is 9.06. The van der Waals surface area contributed by atoms with Crippen LogP contribution in [0.5, 0.6) is 0 Å². The second kappa shape index (κ2) is 5.91. The summed E-state index contributed by atoms with van der Waals surface area (Å²) in [4.78, 5) is 13.0. The number of benzene rings is 2. The van der Waals surface area contributed by atoms with Crippen molar-refractivity contribution in [3.05, 3.63) is 57.0 Å². The summed E-state index contributed by atoms with van der Waals surface area (Å²) in [5.74, 6) is -0.933. The summed E-state index contributed by atoms with van der Waals surface area (Å²) in [6, 6.07) is 13.1. The SMILES string of the molecule is O=C(O)c1c(Br)cccc1Sc1ccccc1Br. The molecule has 0 atom stereocenters. The molecule has 2 aromatic carbocycles. The minimum absolute atomic E-state index is 0.290. The van der Waals surface area contributed by atoms with E-state index in [0.717, 1.165) is 9.37 Å². The highest BCUT2D eigenvalue weighted by atomic mass is 79.9. The molecular formula is C13H8Br2O2S. The van der Waals surface area contributed by atoms with Crippen molar-refractivity contribution >= 4 is 49.6 Å². The second-order valence-electron chi connectivity index (χ2n) is 3.45. The van der Waals surface area contributed by atoms with Crippen LogP contribution in [0.4, 0.5) is 0 Å². The van der Waals surface area contributed by atoms with Gasteiger partial charge in [-0.3, -0.25) is 0 Å². The first-order valence-electron chi connectivity index (χ1n) is 5.04. The maximum absolute atomic E-state index is 11.3. The van der Waals surface area contributed by atoms with Gasteiger partial charge in [0, 0.05) is 18.7 Å². The molecule has 0 bridgehead atoms. The highest BCUT2D eigenvalue weighted by Crippen LogP contribution is 2.37. The van der Waals surface area contributed by atoms with Gasteiger partial charge in [-0.15, -0.1) is 0 Å². The molecule has 0 aliphatic rings. The Balaban J connectivity index is 2.44. The number of hydrogen-bond acceptors (Lipinski definition) is 2. The maximum Gasteiger partial charge on any atom is 0.338 e. The van der Waals surface area contributed by atoms with Crippen molar-refractivity contribution < 1.29 is 9.90 Å². The van der Waals surface area contributed by atoms with E-state index in [2.05, 4.69) is 31.9 Å². The molecule has 5 heteroatoms. The van der Waals surface area contributed by atoms with Crippen LogP contribution >= 0.6 is 43.6 Å². The third kappa shape index (κ3) is 2.96. The van der Waals surface area contributed by atoms with Gasteiger partial charge in [0.15, 0.2) is 0 Å². The molecule has 0 radical (unpaired) electrons. The van der Waals surface area contributed by atoms with Crippen LogP contribution in [0.2, 0.25) is 0 Å². The molecular weight excluding hydrogens is 380 g/mol.